The predicted octanol–water partition coefficient (Wildman–Crippen LogP) is 1.01. The van der Waals surface area contributed by atoms with E-state index in [-0.39, 0.29) is 30.7 Å². The molecule has 102 valence electrons. The van der Waals surface area contributed by atoms with Crippen molar-refractivity contribution in [1.29, 1.82) is 0 Å². The molecule has 19 heavy (non-hydrogen) atoms. The maximum Gasteiger partial charge on any atom is 0.242 e. The lowest BCUT2D eigenvalue weighted by molar-refractivity contribution is -0.148. The molecule has 6 heteroatoms. The van der Waals surface area contributed by atoms with Crippen molar-refractivity contribution in [3.05, 3.63) is 22.4 Å². The molecule has 5 nitrogen and oxygen atoms in total. The molecule has 1 saturated heterocycles. The van der Waals surface area contributed by atoms with Crippen LogP contribution in [0.2, 0.25) is 0 Å². The SMILES string of the molecule is CN1CC(=O)N(CCCC(=O)c2cccs2)CC1=O. The highest BCUT2D eigenvalue weighted by atomic mass is 32.1. The van der Waals surface area contributed by atoms with E-state index in [9.17, 15) is 14.4 Å². The number of carbonyl (C=O) groups is 3. The predicted molar refractivity (Wildman–Crippen MR) is 72.1 cm³/mol. The molecule has 1 aromatic rings. The molecule has 0 aliphatic carbocycles. The van der Waals surface area contributed by atoms with Crippen LogP contribution in [0.5, 0.6) is 0 Å². The number of thiophene rings is 1. The van der Waals surface area contributed by atoms with Gasteiger partial charge in [-0.2, -0.15) is 0 Å². The van der Waals surface area contributed by atoms with Crippen molar-refractivity contribution in [2.45, 2.75) is 12.8 Å². The van der Waals surface area contributed by atoms with E-state index in [0.717, 1.165) is 4.88 Å². The second-order valence-electron chi connectivity index (χ2n) is 4.57. The highest BCUT2D eigenvalue weighted by molar-refractivity contribution is 7.12. The monoisotopic (exact) mass is 280 g/mol. The first-order valence-electron chi connectivity index (χ1n) is 6.16. The van der Waals surface area contributed by atoms with Gasteiger partial charge in [-0.3, -0.25) is 14.4 Å². The lowest BCUT2D eigenvalue weighted by Crippen LogP contribution is -2.52. The second-order valence-corrected chi connectivity index (χ2v) is 5.52. The van der Waals surface area contributed by atoms with E-state index in [1.807, 2.05) is 11.4 Å². The summed E-state index contributed by atoms with van der Waals surface area (Å²) in [6.45, 7) is 0.732. The van der Waals surface area contributed by atoms with Gasteiger partial charge in [0.2, 0.25) is 11.8 Å². The van der Waals surface area contributed by atoms with Crippen LogP contribution in [-0.4, -0.2) is 54.1 Å². The minimum Gasteiger partial charge on any atom is -0.335 e. The van der Waals surface area contributed by atoms with Crippen LogP contribution in [0.3, 0.4) is 0 Å². The Kier molecular flexibility index (Phi) is 4.31. The number of piperazine rings is 1. The Balaban J connectivity index is 1.78. The number of ketones is 1. The molecule has 2 rings (SSSR count). The first kappa shape index (κ1) is 13.7. The quantitative estimate of drug-likeness (QED) is 0.756. The molecule has 0 aromatic carbocycles. The number of rotatable bonds is 5. The summed E-state index contributed by atoms with van der Waals surface area (Å²) < 4.78 is 0. The minimum absolute atomic E-state index is 0.0503. The van der Waals surface area contributed by atoms with E-state index in [1.54, 1.807) is 13.1 Å². The van der Waals surface area contributed by atoms with Gasteiger partial charge in [0, 0.05) is 20.0 Å². The molecular weight excluding hydrogens is 264 g/mol. The number of nitrogens with zero attached hydrogens (tertiary/aromatic N) is 2. The van der Waals surface area contributed by atoms with Gasteiger partial charge in [0.15, 0.2) is 5.78 Å². The fraction of sp³-hybridized carbons (Fsp3) is 0.462. The molecule has 0 spiro atoms. The first-order chi connectivity index (χ1) is 9.08. The lowest BCUT2D eigenvalue weighted by atomic mass is 10.2. The number of carbonyl (C=O) groups excluding carboxylic acids is 3. The van der Waals surface area contributed by atoms with Gasteiger partial charge >= 0.3 is 0 Å². The summed E-state index contributed by atoms with van der Waals surface area (Å²) in [7, 11) is 1.62. The van der Waals surface area contributed by atoms with Crippen LogP contribution in [0.4, 0.5) is 0 Å². The van der Waals surface area contributed by atoms with E-state index in [2.05, 4.69) is 0 Å². The molecule has 0 atom stereocenters. The summed E-state index contributed by atoms with van der Waals surface area (Å²) in [6, 6.07) is 3.65. The second kappa shape index (κ2) is 5.97. The van der Waals surface area contributed by atoms with E-state index in [1.165, 1.54) is 21.1 Å². The summed E-state index contributed by atoms with van der Waals surface area (Å²) in [6.07, 6.45) is 1.01. The van der Waals surface area contributed by atoms with E-state index < -0.39 is 0 Å². The van der Waals surface area contributed by atoms with Crippen LogP contribution >= 0.6 is 11.3 Å². The van der Waals surface area contributed by atoms with Gasteiger partial charge in [0.1, 0.15) is 0 Å². The van der Waals surface area contributed by atoms with Crippen LogP contribution in [0.1, 0.15) is 22.5 Å². The average Bonchev–Trinajstić information content (AvgIpc) is 2.89. The fourth-order valence-corrected chi connectivity index (χ4v) is 2.65. The third-order valence-electron chi connectivity index (χ3n) is 3.10. The number of hydrogen-bond acceptors (Lipinski definition) is 4. The Morgan fingerprint density at radius 1 is 1.32 bits per heavy atom. The molecule has 0 unspecified atom stereocenters. The molecule has 1 aliphatic heterocycles. The molecule has 0 saturated carbocycles. The van der Waals surface area contributed by atoms with E-state index >= 15 is 0 Å². The zero-order valence-corrected chi connectivity index (χ0v) is 11.6. The standard InChI is InChI=1S/C13H16N2O3S/c1-14-8-13(18)15(9-12(14)17)6-2-4-10(16)11-5-3-7-19-11/h3,5,7H,2,4,6,8-9H2,1H3. The third-order valence-corrected chi connectivity index (χ3v) is 4.02. The van der Waals surface area contributed by atoms with E-state index in [0.29, 0.717) is 19.4 Å². The molecule has 1 fully saturated rings. The zero-order valence-electron chi connectivity index (χ0n) is 10.8. The molecule has 0 N–H and O–H groups in total. The van der Waals surface area contributed by atoms with Crippen LogP contribution < -0.4 is 0 Å². The summed E-state index contributed by atoms with van der Waals surface area (Å²) in [5.74, 6) is -0.00208. The van der Waals surface area contributed by atoms with E-state index in [4.69, 9.17) is 0 Å². The van der Waals surface area contributed by atoms with Crippen molar-refractivity contribution in [3.63, 3.8) is 0 Å². The minimum atomic E-state index is -0.0517. The highest BCUT2D eigenvalue weighted by Gasteiger charge is 2.26. The van der Waals surface area contributed by atoms with Crippen LogP contribution in [0.25, 0.3) is 0 Å². The molecule has 0 radical (unpaired) electrons. The maximum atomic E-state index is 11.8. The Bertz CT molecular complexity index is 484. The van der Waals surface area contributed by atoms with Crippen molar-refractivity contribution < 1.29 is 14.4 Å². The number of likely N-dealkylation sites (N-methyl/N-ethyl adjacent to an activating group) is 1. The Hall–Kier alpha value is -1.69. The van der Waals surface area contributed by atoms with Crippen LogP contribution in [-0.2, 0) is 9.59 Å². The van der Waals surface area contributed by atoms with Gasteiger partial charge in [0.25, 0.3) is 0 Å². The summed E-state index contributed by atoms with van der Waals surface area (Å²) in [5, 5.41) is 1.87. The number of Topliss-reactive ketones (excluding diaryl/α,β-unsaturated/α-hetero) is 1. The smallest absolute Gasteiger partial charge is 0.242 e. The lowest BCUT2D eigenvalue weighted by Gasteiger charge is -2.31. The number of hydrogen-bond donors (Lipinski definition) is 0. The van der Waals surface area contributed by atoms with Crippen molar-refractivity contribution in [3.8, 4) is 0 Å². The summed E-state index contributed by atoms with van der Waals surface area (Å²) >= 11 is 1.43. The molecule has 2 heterocycles. The van der Waals surface area contributed by atoms with Crippen molar-refractivity contribution >= 4 is 28.9 Å². The summed E-state index contributed by atoms with van der Waals surface area (Å²) in [5.41, 5.74) is 0. The summed E-state index contributed by atoms with van der Waals surface area (Å²) in [4.78, 5) is 38.7. The Morgan fingerprint density at radius 3 is 2.79 bits per heavy atom. The molecule has 0 bridgehead atoms. The third kappa shape index (κ3) is 3.41. The van der Waals surface area contributed by atoms with Crippen molar-refractivity contribution in [2.75, 3.05) is 26.7 Å². The average molecular weight is 280 g/mol. The van der Waals surface area contributed by atoms with Crippen molar-refractivity contribution in [2.24, 2.45) is 0 Å². The molecule has 1 aliphatic rings. The van der Waals surface area contributed by atoms with Gasteiger partial charge in [-0.1, -0.05) is 6.07 Å². The number of amides is 2. The normalized spacial score (nSPS) is 16.1. The largest absolute Gasteiger partial charge is 0.335 e. The first-order valence-corrected chi connectivity index (χ1v) is 7.04. The molecular formula is C13H16N2O3S. The topological polar surface area (TPSA) is 57.7 Å². The fourth-order valence-electron chi connectivity index (χ4n) is 1.96. The van der Waals surface area contributed by atoms with Crippen LogP contribution in [0.15, 0.2) is 17.5 Å². The molecule has 2 amide bonds. The maximum absolute atomic E-state index is 11.8. The Labute approximate surface area is 115 Å². The highest BCUT2D eigenvalue weighted by Crippen LogP contribution is 2.13. The van der Waals surface area contributed by atoms with Crippen molar-refractivity contribution in [1.82, 2.24) is 9.80 Å². The van der Waals surface area contributed by atoms with Crippen LogP contribution in [0, 0.1) is 0 Å². The van der Waals surface area contributed by atoms with Gasteiger partial charge in [-0.15, -0.1) is 11.3 Å². The van der Waals surface area contributed by atoms with Gasteiger partial charge in [-0.25, -0.2) is 0 Å². The van der Waals surface area contributed by atoms with Gasteiger partial charge in [-0.05, 0) is 17.9 Å². The Morgan fingerprint density at radius 2 is 2.11 bits per heavy atom. The zero-order chi connectivity index (χ0) is 13.8. The van der Waals surface area contributed by atoms with Gasteiger partial charge < -0.3 is 9.80 Å². The molecule has 1 aromatic heterocycles. The van der Waals surface area contributed by atoms with Gasteiger partial charge in [0.05, 0.1) is 18.0 Å².